The summed E-state index contributed by atoms with van der Waals surface area (Å²) in [7, 11) is 10.9. The zero-order valence-electron chi connectivity index (χ0n) is 92.8. The van der Waals surface area contributed by atoms with Gasteiger partial charge in [0.2, 0.25) is 56.1 Å². The molecule has 1 aliphatic carbocycles. The van der Waals surface area contributed by atoms with Crippen LogP contribution in [-0.4, -0.2) is 24.9 Å². The van der Waals surface area contributed by atoms with Crippen LogP contribution in [0, 0.1) is 122 Å². The first kappa shape index (κ1) is 104. The van der Waals surface area contributed by atoms with E-state index in [9.17, 15) is 0 Å². The normalized spacial score (nSPS) is 12.1. The molecule has 1 aliphatic rings. The third kappa shape index (κ3) is 22.5. The summed E-state index contributed by atoms with van der Waals surface area (Å²) in [4.78, 5) is 24.1. The second-order valence-electron chi connectivity index (χ2n) is 44.1. The Bertz CT molecular complexity index is 8380. The Kier molecular flexibility index (Phi) is 31.3. The number of pyridine rings is 10. The molecule has 10 aromatic heterocycles. The molecule has 10 heteroatoms. The second-order valence-corrected chi connectivity index (χ2v) is 44.1. The first-order valence-electron chi connectivity index (χ1n) is 53.1. The molecule has 20 aromatic rings. The molecule has 10 aromatic carbocycles. The molecule has 0 aliphatic heterocycles. The van der Waals surface area contributed by atoms with Crippen LogP contribution in [0.1, 0.15) is 198 Å². The quantitative estimate of drug-likeness (QED) is 0.0955. The molecular formula is C138H149N10+5. The average Bonchev–Trinajstić information content (AvgIpc) is 0.860. The van der Waals surface area contributed by atoms with E-state index >= 15 is 0 Å². The number of rotatable bonds is 15. The molecule has 0 amide bonds. The van der Waals surface area contributed by atoms with Gasteiger partial charge in [0.15, 0.2) is 0 Å². The largest absolute Gasteiger partial charge is 0.261 e. The molecule has 0 saturated heterocycles. The number of aryl methyl sites for hydroxylation is 16. The van der Waals surface area contributed by atoms with E-state index in [0.29, 0.717) is 17.8 Å². The minimum absolute atomic E-state index is 0.250. The van der Waals surface area contributed by atoms with Gasteiger partial charge in [-0.15, -0.1) is 0 Å². The minimum Gasteiger partial charge on any atom is -0.261 e. The summed E-state index contributed by atoms with van der Waals surface area (Å²) in [5.41, 5.74) is 56.3. The lowest BCUT2D eigenvalue weighted by Gasteiger charge is -2.18. The van der Waals surface area contributed by atoms with E-state index in [2.05, 4.69) is 495 Å². The maximum atomic E-state index is 4.99. The molecule has 0 N–H and O–H groups in total. The van der Waals surface area contributed by atoms with Gasteiger partial charge < -0.3 is 0 Å². The van der Waals surface area contributed by atoms with E-state index in [1.807, 2.05) is 31.7 Å². The van der Waals surface area contributed by atoms with Crippen LogP contribution in [0.25, 0.3) is 167 Å². The monoisotopic (exact) mass is 1950 g/mol. The van der Waals surface area contributed by atoms with Crippen molar-refractivity contribution in [3.8, 4) is 112 Å². The number of aromatic nitrogens is 10. The van der Waals surface area contributed by atoms with E-state index in [1.165, 1.54) is 264 Å². The lowest BCUT2D eigenvalue weighted by molar-refractivity contribution is -0.633. The molecule has 148 heavy (non-hydrogen) atoms. The molecule has 0 bridgehead atoms. The van der Waals surface area contributed by atoms with E-state index in [1.54, 1.807) is 0 Å². The Hall–Kier alpha value is -15.0. The first-order chi connectivity index (χ1) is 70.8. The maximum Gasteiger partial charge on any atom is 0.222 e. The number of para-hydroxylation sites is 5. The fraction of sp³-hybridized carbons (Fsp3) is 0.275. The maximum absolute atomic E-state index is 4.99. The first-order valence-corrected chi connectivity index (χ1v) is 53.1. The molecule has 1 saturated carbocycles. The molecule has 1 fully saturated rings. The Balaban J connectivity index is 0.000000126. The van der Waals surface area contributed by atoms with Crippen molar-refractivity contribution in [3.05, 3.63) is 416 Å². The lowest BCUT2D eigenvalue weighted by Crippen LogP contribution is -2.33. The van der Waals surface area contributed by atoms with Gasteiger partial charge in [-0.25, -0.2) is 0 Å². The van der Waals surface area contributed by atoms with Gasteiger partial charge in [-0.05, 0) is 353 Å². The van der Waals surface area contributed by atoms with E-state index in [-0.39, 0.29) is 5.41 Å². The Labute approximate surface area is 880 Å². The van der Waals surface area contributed by atoms with Crippen molar-refractivity contribution >= 4 is 54.5 Å². The zero-order chi connectivity index (χ0) is 105. The standard InChI is InChI=1S/C29H31N2.C29H33N2.C28H31N2.C27H29N2.C25H25N2/c1-19-15-20(2)21(3)25(16-19)29-26(17-23-11-7-8-12-28(23)31(29)4)27-14-13-24(18-30-27)22-9-5-6-10-22;1-19-14-20(2)21(3)24(15-19)28-25(16-23-10-8-9-11-27(23)31(28)7)26-13-12-22(18-30-26)17-29(4,5)6;1-18(2)13-22-11-12-26(29-17-22)25-16-23-9-7-8-10-27(23)30(6)28(25)24-15-19(3)14-20(4)21(24)5;1-17(2)25-12-11-22(16-28-25)24-15-21-9-7-8-10-26(21)29(6)27(24)23-14-18(3)13-19(4)20(23)5;1-16-12-17(2)19(4)22(13-16)25-23(21-11-10-18(3)26-15-21)14-20-8-6-7-9-24(20)27(25)5/h7-8,11-18,22H,5-6,9-10H2,1-4H3;8-16,18H,17H2,1-7H3;7-12,14-18H,13H2,1-6H3;7-17H,1-6H3;6-15H,1-5H3/q5*+1. The number of hydrogen-bond acceptors (Lipinski definition) is 5. The van der Waals surface area contributed by atoms with Crippen LogP contribution in [0.2, 0.25) is 0 Å². The van der Waals surface area contributed by atoms with Crippen LogP contribution < -0.4 is 22.8 Å². The van der Waals surface area contributed by atoms with Crippen molar-refractivity contribution in [1.82, 2.24) is 24.9 Å². The predicted octanol–water partition coefficient (Wildman–Crippen LogP) is 32.5. The van der Waals surface area contributed by atoms with Crippen molar-refractivity contribution in [2.75, 3.05) is 0 Å². The smallest absolute Gasteiger partial charge is 0.222 e. The number of benzene rings is 10. The van der Waals surface area contributed by atoms with Crippen LogP contribution in [-0.2, 0) is 48.1 Å². The topological polar surface area (TPSA) is 83.8 Å². The average molecular weight is 1950 g/mol. The summed E-state index contributed by atoms with van der Waals surface area (Å²) in [6.45, 7) is 50.7. The van der Waals surface area contributed by atoms with Crippen LogP contribution in [0.4, 0.5) is 0 Å². The lowest BCUT2D eigenvalue weighted by atomic mass is 9.88. The van der Waals surface area contributed by atoms with Gasteiger partial charge in [-0.3, -0.25) is 24.9 Å². The second kappa shape index (κ2) is 44.4. The van der Waals surface area contributed by atoms with Crippen molar-refractivity contribution in [3.63, 3.8) is 0 Å². The minimum atomic E-state index is 0.250. The number of hydrogen-bond donors (Lipinski definition) is 0. The number of fused-ring (bicyclic) bond motifs is 5. The molecule has 0 atom stereocenters. The highest BCUT2D eigenvalue weighted by Gasteiger charge is 2.33. The molecular weight excluding hydrogens is 1800 g/mol. The highest BCUT2D eigenvalue weighted by molar-refractivity contribution is 5.95. The molecule has 21 rings (SSSR count). The fourth-order valence-corrected chi connectivity index (χ4v) is 22.4. The SMILES string of the molecule is Cc1cc(C)c(C)c(-c2c(-c3ccc(C(C)C)nc3)cc3ccccc3[n+]2C)c1.Cc1cc(C)c(C)c(-c2c(-c3ccc(C)nc3)cc3ccccc3[n+]2C)c1.Cc1cc(C)c(C)c(-c2c(-c3ccc(C4CCCC4)cn3)cc3ccccc3[n+]2C)c1.Cc1cc(C)c(C)c(-c2c(-c3ccc(CC(C)(C)C)cn3)cc3ccccc3[n+]2C)c1.Cc1cc(C)c(C)c(-c2c(-c3ccc(CC(C)C)cn3)cc3ccccc3[n+]2C)c1. The Morgan fingerprint density at radius 2 is 0.568 bits per heavy atom. The predicted molar refractivity (Wildman–Crippen MR) is 622 cm³/mol. The van der Waals surface area contributed by atoms with Gasteiger partial charge in [-0.2, -0.15) is 22.8 Å². The van der Waals surface area contributed by atoms with E-state index < -0.39 is 0 Å². The molecule has 0 radical (unpaired) electrons. The van der Waals surface area contributed by atoms with Crippen LogP contribution in [0.15, 0.2) is 304 Å². The van der Waals surface area contributed by atoms with Gasteiger partial charge in [0.05, 0.1) is 72.7 Å². The summed E-state index contributed by atoms with van der Waals surface area (Å²) >= 11 is 0. The summed E-state index contributed by atoms with van der Waals surface area (Å²) in [5, 5.41) is 6.18. The number of nitrogens with zero attached hydrogens (tertiary/aromatic N) is 10. The van der Waals surface area contributed by atoms with E-state index in [4.69, 9.17) is 19.9 Å². The summed E-state index contributed by atoms with van der Waals surface area (Å²) in [5.74, 6) is 1.75. The van der Waals surface area contributed by atoms with Gasteiger partial charge in [0, 0.05) is 111 Å². The van der Waals surface area contributed by atoms with Crippen LogP contribution in [0.3, 0.4) is 0 Å². The molecule has 10 nitrogen and oxygen atoms in total. The third-order valence-corrected chi connectivity index (χ3v) is 30.7. The molecule has 0 unspecified atom stereocenters. The van der Waals surface area contributed by atoms with Crippen LogP contribution in [0.5, 0.6) is 0 Å². The van der Waals surface area contributed by atoms with Crippen molar-refractivity contribution in [2.24, 2.45) is 46.6 Å². The van der Waals surface area contributed by atoms with Gasteiger partial charge >= 0.3 is 0 Å². The van der Waals surface area contributed by atoms with Crippen molar-refractivity contribution in [2.45, 2.75) is 210 Å². The Morgan fingerprint density at radius 3 is 0.838 bits per heavy atom. The highest BCUT2D eigenvalue weighted by Crippen LogP contribution is 2.44. The molecule has 0 spiro atoms. The highest BCUT2D eigenvalue weighted by atomic mass is 15.0. The van der Waals surface area contributed by atoms with Crippen molar-refractivity contribution < 1.29 is 22.8 Å². The summed E-state index contributed by atoms with van der Waals surface area (Å²) < 4.78 is 11.7. The third-order valence-electron chi connectivity index (χ3n) is 30.7. The Morgan fingerprint density at radius 1 is 0.277 bits per heavy atom. The van der Waals surface area contributed by atoms with Gasteiger partial charge in [-0.1, -0.05) is 210 Å². The summed E-state index contributed by atoms with van der Waals surface area (Å²) in [6.07, 6.45) is 17.6. The van der Waals surface area contributed by atoms with Crippen LogP contribution >= 0.6 is 0 Å². The summed E-state index contributed by atoms with van der Waals surface area (Å²) in [6, 6.07) is 99.4. The van der Waals surface area contributed by atoms with E-state index in [0.717, 1.165) is 52.4 Å². The zero-order valence-corrected chi connectivity index (χ0v) is 92.8. The molecule has 10 heterocycles. The fourth-order valence-electron chi connectivity index (χ4n) is 22.4. The molecule has 746 valence electrons. The van der Waals surface area contributed by atoms with Gasteiger partial charge in [0.1, 0.15) is 35.2 Å². The van der Waals surface area contributed by atoms with Gasteiger partial charge in [0.25, 0.3) is 0 Å². The van der Waals surface area contributed by atoms with Crippen molar-refractivity contribution in [1.29, 1.82) is 0 Å².